The van der Waals surface area contributed by atoms with E-state index in [9.17, 15) is 9.90 Å². The molecule has 0 bridgehead atoms. The molecule has 6 heteroatoms. The van der Waals surface area contributed by atoms with Crippen molar-refractivity contribution in [3.63, 3.8) is 0 Å². The van der Waals surface area contributed by atoms with Gasteiger partial charge in [0.25, 0.3) is 5.91 Å². The molecule has 2 heterocycles. The Morgan fingerprint density at radius 3 is 2.76 bits per heavy atom. The average Bonchev–Trinajstić information content (AvgIpc) is 3.14. The lowest BCUT2D eigenvalue weighted by Crippen LogP contribution is -2.31. The van der Waals surface area contributed by atoms with E-state index in [0.717, 1.165) is 12.8 Å². The fourth-order valence-corrected chi connectivity index (χ4v) is 3.72. The Morgan fingerprint density at radius 2 is 2.00 bits per heavy atom. The van der Waals surface area contributed by atoms with Crippen molar-refractivity contribution in [2.24, 2.45) is 11.8 Å². The third-order valence-corrected chi connectivity index (χ3v) is 4.88. The van der Waals surface area contributed by atoms with Crippen molar-refractivity contribution in [1.29, 1.82) is 0 Å². The fraction of sp³-hybridized carbons (Fsp3) is 0.533. The minimum absolute atomic E-state index is 0.0904. The van der Waals surface area contributed by atoms with Gasteiger partial charge in [-0.05, 0) is 24.8 Å². The number of carbonyl (C=O) groups excluding carboxylic acids is 1. The van der Waals surface area contributed by atoms with Gasteiger partial charge in [0.2, 0.25) is 6.79 Å². The van der Waals surface area contributed by atoms with Crippen molar-refractivity contribution in [1.82, 2.24) is 4.90 Å². The number of nitrogen functional groups attached to an aromatic ring is 1. The van der Waals surface area contributed by atoms with Gasteiger partial charge < -0.3 is 25.2 Å². The molecule has 0 aromatic heterocycles. The Bertz CT molecular complexity index is 604. The summed E-state index contributed by atoms with van der Waals surface area (Å²) < 4.78 is 10.6. The summed E-state index contributed by atoms with van der Waals surface area (Å²) in [7, 11) is 0. The molecule has 2 aliphatic heterocycles. The number of likely N-dealkylation sites (tertiary alicyclic amines) is 1. The van der Waals surface area contributed by atoms with Crippen LogP contribution in [-0.2, 0) is 0 Å². The van der Waals surface area contributed by atoms with Crippen LogP contribution in [0.15, 0.2) is 12.1 Å². The summed E-state index contributed by atoms with van der Waals surface area (Å²) in [6.45, 7) is 1.47. The number of fused-ring (bicyclic) bond motifs is 2. The highest BCUT2D eigenvalue weighted by atomic mass is 16.7. The van der Waals surface area contributed by atoms with Crippen molar-refractivity contribution >= 4 is 11.6 Å². The van der Waals surface area contributed by atoms with Crippen LogP contribution in [0, 0.1) is 11.8 Å². The van der Waals surface area contributed by atoms with Gasteiger partial charge in [-0.1, -0.05) is 0 Å². The number of rotatable bonds is 1. The molecule has 1 aliphatic carbocycles. The third kappa shape index (κ3) is 1.93. The van der Waals surface area contributed by atoms with Gasteiger partial charge in [-0.2, -0.15) is 0 Å². The molecule has 21 heavy (non-hydrogen) atoms. The van der Waals surface area contributed by atoms with E-state index in [0.29, 0.717) is 41.8 Å². The molecule has 3 unspecified atom stereocenters. The quantitative estimate of drug-likeness (QED) is 0.749. The molecular weight excluding hydrogens is 272 g/mol. The monoisotopic (exact) mass is 290 g/mol. The highest BCUT2D eigenvalue weighted by molar-refractivity contribution is 6.00. The molecular formula is C15H18N2O4. The predicted octanol–water partition coefficient (Wildman–Crippen LogP) is 0.840. The molecule has 0 spiro atoms. The number of nitrogens with zero attached hydrogens (tertiary/aromatic N) is 1. The number of benzene rings is 1. The van der Waals surface area contributed by atoms with Gasteiger partial charge in [-0.15, -0.1) is 0 Å². The van der Waals surface area contributed by atoms with E-state index in [1.807, 2.05) is 0 Å². The van der Waals surface area contributed by atoms with Crippen molar-refractivity contribution in [2.45, 2.75) is 18.9 Å². The van der Waals surface area contributed by atoms with E-state index < -0.39 is 0 Å². The molecule has 6 nitrogen and oxygen atoms in total. The van der Waals surface area contributed by atoms with Crippen molar-refractivity contribution in [3.8, 4) is 11.5 Å². The Balaban J connectivity index is 1.59. The molecule has 3 atom stereocenters. The number of carbonyl (C=O) groups is 1. The summed E-state index contributed by atoms with van der Waals surface area (Å²) in [6, 6.07) is 3.30. The average molecular weight is 290 g/mol. The standard InChI is InChI=1S/C15H18N2O4/c16-11-4-14-13(20-7-21-14)3-9(11)15(19)17-5-8-1-2-12(18)10(8)6-17/h3-4,8,10,12,18H,1-2,5-7,16H2. The van der Waals surface area contributed by atoms with Crippen LogP contribution in [0.3, 0.4) is 0 Å². The summed E-state index contributed by atoms with van der Waals surface area (Å²) in [4.78, 5) is 14.5. The van der Waals surface area contributed by atoms with E-state index in [1.54, 1.807) is 17.0 Å². The number of ether oxygens (including phenoxy) is 2. The fourth-order valence-electron chi connectivity index (χ4n) is 3.72. The van der Waals surface area contributed by atoms with Crippen LogP contribution in [0.4, 0.5) is 5.69 Å². The molecule has 112 valence electrons. The van der Waals surface area contributed by atoms with Crippen molar-refractivity contribution < 1.29 is 19.4 Å². The molecule has 1 amide bonds. The van der Waals surface area contributed by atoms with Gasteiger partial charge in [-0.25, -0.2) is 0 Å². The van der Waals surface area contributed by atoms with Gasteiger partial charge in [-0.3, -0.25) is 4.79 Å². The van der Waals surface area contributed by atoms with Crippen LogP contribution in [0.25, 0.3) is 0 Å². The Hall–Kier alpha value is -1.95. The first-order chi connectivity index (χ1) is 10.1. The number of amides is 1. The van der Waals surface area contributed by atoms with Crippen molar-refractivity contribution in [3.05, 3.63) is 17.7 Å². The number of aliphatic hydroxyl groups is 1. The first kappa shape index (κ1) is 12.8. The smallest absolute Gasteiger partial charge is 0.256 e. The molecule has 2 fully saturated rings. The summed E-state index contributed by atoms with van der Waals surface area (Å²) >= 11 is 0. The van der Waals surface area contributed by atoms with Crippen LogP contribution >= 0.6 is 0 Å². The summed E-state index contributed by atoms with van der Waals surface area (Å²) in [5, 5.41) is 9.95. The molecule has 0 radical (unpaired) electrons. The zero-order valence-electron chi connectivity index (χ0n) is 11.6. The van der Waals surface area contributed by atoms with E-state index in [4.69, 9.17) is 15.2 Å². The number of nitrogens with two attached hydrogens (primary N) is 1. The molecule has 3 N–H and O–H groups in total. The highest BCUT2D eigenvalue weighted by Crippen LogP contribution is 2.40. The zero-order valence-corrected chi connectivity index (χ0v) is 11.6. The summed E-state index contributed by atoms with van der Waals surface area (Å²) in [6.07, 6.45) is 1.57. The normalized spacial score (nSPS) is 29.8. The third-order valence-electron chi connectivity index (χ3n) is 4.88. The number of hydrogen-bond donors (Lipinski definition) is 2. The number of hydrogen-bond acceptors (Lipinski definition) is 5. The van der Waals surface area contributed by atoms with Crippen LogP contribution in [0.2, 0.25) is 0 Å². The van der Waals surface area contributed by atoms with E-state index >= 15 is 0 Å². The Labute approximate surface area is 122 Å². The van der Waals surface area contributed by atoms with E-state index in [-0.39, 0.29) is 24.7 Å². The first-order valence-corrected chi connectivity index (χ1v) is 7.30. The molecule has 1 saturated heterocycles. The van der Waals surface area contributed by atoms with Crippen LogP contribution in [0.1, 0.15) is 23.2 Å². The molecule has 3 aliphatic rings. The number of aliphatic hydroxyl groups excluding tert-OH is 1. The minimum atomic E-state index is -0.276. The second kappa shape index (κ2) is 4.53. The summed E-state index contributed by atoms with van der Waals surface area (Å²) in [5.74, 6) is 1.68. The van der Waals surface area contributed by atoms with E-state index in [2.05, 4.69) is 0 Å². The molecule has 1 saturated carbocycles. The molecule has 4 rings (SSSR count). The molecule has 1 aromatic rings. The first-order valence-electron chi connectivity index (χ1n) is 7.30. The Morgan fingerprint density at radius 1 is 1.24 bits per heavy atom. The number of anilines is 1. The van der Waals surface area contributed by atoms with Crippen molar-refractivity contribution in [2.75, 3.05) is 25.6 Å². The molecule has 1 aromatic carbocycles. The van der Waals surface area contributed by atoms with Gasteiger partial charge in [0.05, 0.1) is 11.7 Å². The largest absolute Gasteiger partial charge is 0.454 e. The Kier molecular flexibility index (Phi) is 2.75. The maximum Gasteiger partial charge on any atom is 0.256 e. The maximum atomic E-state index is 12.7. The topological polar surface area (TPSA) is 85.0 Å². The van der Waals surface area contributed by atoms with Gasteiger partial charge >= 0.3 is 0 Å². The van der Waals surface area contributed by atoms with Crippen LogP contribution < -0.4 is 15.2 Å². The minimum Gasteiger partial charge on any atom is -0.454 e. The lowest BCUT2D eigenvalue weighted by atomic mass is 10.00. The summed E-state index contributed by atoms with van der Waals surface area (Å²) in [5.41, 5.74) is 6.83. The van der Waals surface area contributed by atoms with Crippen LogP contribution in [0.5, 0.6) is 11.5 Å². The van der Waals surface area contributed by atoms with E-state index in [1.165, 1.54) is 0 Å². The lowest BCUT2D eigenvalue weighted by Gasteiger charge is -2.19. The SMILES string of the molecule is Nc1cc2c(cc1C(=O)N1CC3CCC(O)C3C1)OCO2. The van der Waals surface area contributed by atoms with Gasteiger partial charge in [0.15, 0.2) is 11.5 Å². The zero-order chi connectivity index (χ0) is 14.6. The maximum absolute atomic E-state index is 12.7. The predicted molar refractivity (Wildman–Crippen MR) is 75.1 cm³/mol. The second-order valence-electron chi connectivity index (χ2n) is 6.07. The van der Waals surface area contributed by atoms with Crippen LogP contribution in [-0.4, -0.2) is 41.9 Å². The second-order valence-corrected chi connectivity index (χ2v) is 6.07. The van der Waals surface area contributed by atoms with Gasteiger partial charge in [0, 0.05) is 30.8 Å². The highest BCUT2D eigenvalue weighted by Gasteiger charge is 2.43. The lowest BCUT2D eigenvalue weighted by molar-refractivity contribution is 0.0753. The van der Waals surface area contributed by atoms with Gasteiger partial charge in [0.1, 0.15) is 0 Å².